The van der Waals surface area contributed by atoms with Gasteiger partial charge in [-0.1, -0.05) is 24.3 Å². The standard InChI is InChI=1S/C19H19FN4O3S/c1-12(25)9-24-28(26,27)18-5-3-2-4-14(18)13-6-7-15(16(20)8-13)17-10-23-19(21)11-22-17/h2-8,10-12,24-25H,9H2,1H3,(H2,21,23)/t12-/m0/s1. The zero-order chi connectivity index (χ0) is 20.3. The fourth-order valence-corrected chi connectivity index (χ4v) is 3.96. The molecule has 0 aliphatic rings. The lowest BCUT2D eigenvalue weighted by molar-refractivity contribution is 0.198. The number of anilines is 1. The molecule has 28 heavy (non-hydrogen) atoms. The number of sulfonamides is 1. The number of hydrogen-bond donors (Lipinski definition) is 3. The van der Waals surface area contributed by atoms with Gasteiger partial charge in [-0.05, 0) is 30.7 Å². The predicted molar refractivity (Wildman–Crippen MR) is 104 cm³/mol. The molecule has 4 N–H and O–H groups in total. The second-order valence-electron chi connectivity index (χ2n) is 6.22. The van der Waals surface area contributed by atoms with Gasteiger partial charge in [0, 0.05) is 17.7 Å². The van der Waals surface area contributed by atoms with E-state index in [1.54, 1.807) is 24.3 Å². The van der Waals surface area contributed by atoms with Crippen LogP contribution in [0.3, 0.4) is 0 Å². The first-order valence-electron chi connectivity index (χ1n) is 8.42. The van der Waals surface area contributed by atoms with Crippen LogP contribution in [0.5, 0.6) is 0 Å². The van der Waals surface area contributed by atoms with Gasteiger partial charge in [-0.25, -0.2) is 22.5 Å². The first-order valence-corrected chi connectivity index (χ1v) is 9.91. The Morgan fingerprint density at radius 1 is 1.14 bits per heavy atom. The topological polar surface area (TPSA) is 118 Å². The number of nitrogens with zero attached hydrogens (tertiary/aromatic N) is 2. The molecule has 0 amide bonds. The number of nitrogen functional groups attached to an aromatic ring is 1. The van der Waals surface area contributed by atoms with E-state index in [4.69, 9.17) is 5.73 Å². The Balaban J connectivity index is 2.01. The van der Waals surface area contributed by atoms with Crippen molar-refractivity contribution < 1.29 is 17.9 Å². The Bertz CT molecular complexity index is 1090. The summed E-state index contributed by atoms with van der Waals surface area (Å²) in [5.74, 6) is -0.342. The number of rotatable bonds is 6. The van der Waals surface area contributed by atoms with E-state index in [-0.39, 0.29) is 22.8 Å². The molecule has 0 bridgehead atoms. The zero-order valence-electron chi connectivity index (χ0n) is 15.0. The van der Waals surface area contributed by atoms with E-state index in [0.717, 1.165) is 0 Å². The summed E-state index contributed by atoms with van der Waals surface area (Å²) in [5.41, 5.74) is 6.77. The van der Waals surface area contributed by atoms with Crippen LogP contribution in [0.1, 0.15) is 6.92 Å². The maximum Gasteiger partial charge on any atom is 0.241 e. The number of aliphatic hydroxyl groups excluding tert-OH is 1. The van der Waals surface area contributed by atoms with Crippen LogP contribution >= 0.6 is 0 Å². The minimum absolute atomic E-state index is 0.00456. The summed E-state index contributed by atoms with van der Waals surface area (Å²) in [6.07, 6.45) is 1.86. The third-order valence-electron chi connectivity index (χ3n) is 3.97. The van der Waals surface area contributed by atoms with Crippen LogP contribution in [0.4, 0.5) is 10.2 Å². The van der Waals surface area contributed by atoms with Crippen LogP contribution in [-0.2, 0) is 10.0 Å². The lowest BCUT2D eigenvalue weighted by atomic mass is 10.0. The zero-order valence-corrected chi connectivity index (χ0v) is 15.8. The van der Waals surface area contributed by atoms with Crippen molar-refractivity contribution in [2.75, 3.05) is 12.3 Å². The van der Waals surface area contributed by atoms with Gasteiger partial charge < -0.3 is 10.8 Å². The maximum atomic E-state index is 14.7. The summed E-state index contributed by atoms with van der Waals surface area (Å²) in [7, 11) is -3.88. The van der Waals surface area contributed by atoms with Crippen LogP contribution < -0.4 is 10.5 Å². The minimum Gasteiger partial charge on any atom is -0.392 e. The average Bonchev–Trinajstić information content (AvgIpc) is 2.67. The number of hydrogen-bond acceptors (Lipinski definition) is 6. The molecule has 0 fully saturated rings. The Morgan fingerprint density at radius 2 is 1.89 bits per heavy atom. The van der Waals surface area contributed by atoms with Gasteiger partial charge in [0.25, 0.3) is 0 Å². The molecule has 0 saturated carbocycles. The van der Waals surface area contributed by atoms with Crippen LogP contribution in [0.2, 0.25) is 0 Å². The van der Waals surface area contributed by atoms with Crippen LogP contribution in [0.25, 0.3) is 22.4 Å². The smallest absolute Gasteiger partial charge is 0.241 e. The lowest BCUT2D eigenvalue weighted by Gasteiger charge is -2.13. The first-order chi connectivity index (χ1) is 13.3. The molecule has 3 rings (SSSR count). The number of nitrogens with two attached hydrogens (primary N) is 1. The SMILES string of the molecule is C[C@H](O)CNS(=O)(=O)c1ccccc1-c1ccc(-c2cnc(N)cn2)c(F)c1. The largest absolute Gasteiger partial charge is 0.392 e. The molecule has 146 valence electrons. The molecule has 0 radical (unpaired) electrons. The summed E-state index contributed by atoms with van der Waals surface area (Å²) in [6, 6.07) is 10.6. The van der Waals surface area contributed by atoms with Gasteiger partial charge in [-0.15, -0.1) is 0 Å². The quantitative estimate of drug-likeness (QED) is 0.582. The van der Waals surface area contributed by atoms with Crippen molar-refractivity contribution in [2.45, 2.75) is 17.9 Å². The molecule has 7 nitrogen and oxygen atoms in total. The molecule has 9 heteroatoms. The van der Waals surface area contributed by atoms with E-state index in [9.17, 15) is 17.9 Å². The van der Waals surface area contributed by atoms with Gasteiger partial charge in [-0.2, -0.15) is 0 Å². The number of nitrogens with one attached hydrogen (secondary N) is 1. The third kappa shape index (κ3) is 4.33. The van der Waals surface area contributed by atoms with E-state index in [2.05, 4.69) is 14.7 Å². The molecule has 1 atom stereocenters. The highest BCUT2D eigenvalue weighted by atomic mass is 32.2. The highest BCUT2D eigenvalue weighted by molar-refractivity contribution is 7.89. The molecule has 0 unspecified atom stereocenters. The fourth-order valence-electron chi connectivity index (χ4n) is 2.61. The molecule has 0 aliphatic carbocycles. The number of benzene rings is 2. The average molecular weight is 402 g/mol. The van der Waals surface area contributed by atoms with Crippen LogP contribution in [-0.4, -0.2) is 36.1 Å². The Hall–Kier alpha value is -2.88. The summed E-state index contributed by atoms with van der Waals surface area (Å²) >= 11 is 0. The summed E-state index contributed by atoms with van der Waals surface area (Å²) < 4.78 is 42.2. The van der Waals surface area contributed by atoms with Gasteiger partial charge >= 0.3 is 0 Å². The Labute approximate surface area is 162 Å². The van der Waals surface area contributed by atoms with Gasteiger partial charge in [0.2, 0.25) is 10.0 Å². The third-order valence-corrected chi connectivity index (χ3v) is 5.45. The number of aliphatic hydroxyl groups is 1. The van der Waals surface area contributed by atoms with Crippen molar-refractivity contribution in [1.82, 2.24) is 14.7 Å². The molecular formula is C19H19FN4O3S. The Morgan fingerprint density at radius 3 is 2.54 bits per heavy atom. The number of aromatic nitrogens is 2. The normalized spacial score (nSPS) is 12.7. The molecule has 0 aliphatic heterocycles. The summed E-state index contributed by atoms with van der Waals surface area (Å²) in [6.45, 7) is 1.35. The van der Waals surface area contributed by atoms with E-state index in [1.807, 2.05) is 0 Å². The van der Waals surface area contributed by atoms with Crippen molar-refractivity contribution in [3.63, 3.8) is 0 Å². The van der Waals surface area contributed by atoms with Crippen molar-refractivity contribution in [3.05, 3.63) is 60.7 Å². The van der Waals surface area contributed by atoms with Gasteiger partial charge in [0.05, 0.1) is 29.1 Å². The number of halogens is 1. The second-order valence-corrected chi connectivity index (χ2v) is 7.95. The molecule has 1 heterocycles. The molecule has 0 spiro atoms. The first kappa shape index (κ1) is 19.9. The highest BCUT2D eigenvalue weighted by Crippen LogP contribution is 2.31. The summed E-state index contributed by atoms with van der Waals surface area (Å²) in [4.78, 5) is 7.95. The molecule has 3 aromatic rings. The lowest BCUT2D eigenvalue weighted by Crippen LogP contribution is -2.31. The molecule has 2 aromatic carbocycles. The van der Waals surface area contributed by atoms with E-state index < -0.39 is 21.9 Å². The second kappa shape index (κ2) is 8.01. The van der Waals surface area contributed by atoms with Gasteiger partial charge in [0.15, 0.2) is 0 Å². The van der Waals surface area contributed by atoms with E-state index in [0.29, 0.717) is 16.8 Å². The highest BCUT2D eigenvalue weighted by Gasteiger charge is 2.20. The fraction of sp³-hybridized carbons (Fsp3) is 0.158. The molecule has 1 aromatic heterocycles. The predicted octanol–water partition coefficient (Wildman–Crippen LogP) is 2.19. The van der Waals surface area contributed by atoms with Gasteiger partial charge in [0.1, 0.15) is 11.6 Å². The minimum atomic E-state index is -3.88. The van der Waals surface area contributed by atoms with Crippen molar-refractivity contribution in [3.8, 4) is 22.4 Å². The van der Waals surface area contributed by atoms with E-state index in [1.165, 1.54) is 37.5 Å². The van der Waals surface area contributed by atoms with Crippen molar-refractivity contribution in [1.29, 1.82) is 0 Å². The van der Waals surface area contributed by atoms with Gasteiger partial charge in [-0.3, -0.25) is 4.98 Å². The van der Waals surface area contributed by atoms with Crippen LogP contribution in [0.15, 0.2) is 59.8 Å². The summed E-state index contributed by atoms with van der Waals surface area (Å²) in [5, 5.41) is 9.35. The van der Waals surface area contributed by atoms with E-state index >= 15 is 0 Å². The van der Waals surface area contributed by atoms with Crippen molar-refractivity contribution in [2.24, 2.45) is 0 Å². The maximum absolute atomic E-state index is 14.7. The monoisotopic (exact) mass is 402 g/mol. The molecule has 0 saturated heterocycles. The van der Waals surface area contributed by atoms with Crippen LogP contribution in [0, 0.1) is 5.82 Å². The Kier molecular flexibility index (Phi) is 5.68. The molecular weight excluding hydrogens is 383 g/mol. The van der Waals surface area contributed by atoms with Crippen molar-refractivity contribution >= 4 is 15.8 Å².